The van der Waals surface area contributed by atoms with Crippen molar-refractivity contribution in [3.63, 3.8) is 0 Å². The fourth-order valence-corrected chi connectivity index (χ4v) is 5.12. The van der Waals surface area contributed by atoms with Crippen molar-refractivity contribution in [1.82, 2.24) is 24.3 Å². The number of benzene rings is 2. The second-order valence-corrected chi connectivity index (χ2v) is 9.88. The van der Waals surface area contributed by atoms with Crippen molar-refractivity contribution in [1.29, 1.82) is 0 Å². The number of hydrogen-bond donors (Lipinski definition) is 2. The van der Waals surface area contributed by atoms with Crippen LogP contribution in [0.5, 0.6) is 11.5 Å². The summed E-state index contributed by atoms with van der Waals surface area (Å²) in [6.45, 7) is 4.01. The Kier molecular flexibility index (Phi) is 6.21. The quantitative estimate of drug-likeness (QED) is 0.288. The first-order chi connectivity index (χ1) is 16.9. The molecular weight excluding hydrogens is 458 g/mol. The van der Waals surface area contributed by atoms with Crippen molar-refractivity contribution >= 4 is 22.7 Å². The minimum Gasteiger partial charge on any atom is -0.508 e. The van der Waals surface area contributed by atoms with Gasteiger partial charge < -0.3 is 14.8 Å². The molecule has 7 nitrogen and oxygen atoms in total. The molecule has 0 bridgehead atoms. The number of thioether (sulfide) groups is 1. The highest BCUT2D eigenvalue weighted by molar-refractivity contribution is 7.99. The van der Waals surface area contributed by atoms with E-state index in [0.717, 1.165) is 45.2 Å². The van der Waals surface area contributed by atoms with Gasteiger partial charge in [-0.15, -0.1) is 10.2 Å². The lowest BCUT2D eigenvalue weighted by Crippen LogP contribution is -2.02. The molecule has 3 aromatic heterocycles. The Bertz CT molecular complexity index is 1490. The van der Waals surface area contributed by atoms with Crippen molar-refractivity contribution in [2.24, 2.45) is 7.05 Å². The van der Waals surface area contributed by atoms with Gasteiger partial charge in [0.1, 0.15) is 11.5 Å². The molecule has 2 aromatic carbocycles. The molecule has 2 N–H and O–H groups in total. The largest absolute Gasteiger partial charge is 0.508 e. The molecule has 0 spiro atoms. The lowest BCUT2D eigenvalue weighted by molar-refractivity contribution is 0.444. The summed E-state index contributed by atoms with van der Waals surface area (Å²) in [5.41, 5.74) is 4.33. The lowest BCUT2D eigenvalue weighted by atomic mass is 9.98. The lowest BCUT2D eigenvalue weighted by Gasteiger charge is -2.15. The minimum atomic E-state index is -0.0358. The van der Waals surface area contributed by atoms with Crippen LogP contribution in [-0.4, -0.2) is 40.3 Å². The first-order valence-corrected chi connectivity index (χ1v) is 12.5. The highest BCUT2D eigenvalue weighted by Crippen LogP contribution is 2.39. The first kappa shape index (κ1) is 23.0. The van der Waals surface area contributed by atoms with Gasteiger partial charge in [-0.3, -0.25) is 9.55 Å². The molecule has 0 radical (unpaired) electrons. The third-order valence-corrected chi connectivity index (χ3v) is 7.01. The van der Waals surface area contributed by atoms with Crippen molar-refractivity contribution in [2.45, 2.75) is 31.3 Å². The Morgan fingerprint density at radius 2 is 1.83 bits per heavy atom. The van der Waals surface area contributed by atoms with Crippen LogP contribution in [0.4, 0.5) is 0 Å². The van der Waals surface area contributed by atoms with Crippen LogP contribution in [0.2, 0.25) is 0 Å². The van der Waals surface area contributed by atoms with Gasteiger partial charge in [0.15, 0.2) is 11.0 Å². The third kappa shape index (κ3) is 4.49. The van der Waals surface area contributed by atoms with Crippen molar-refractivity contribution in [3.05, 3.63) is 78.2 Å². The zero-order valence-electron chi connectivity index (χ0n) is 19.9. The van der Waals surface area contributed by atoms with Crippen molar-refractivity contribution in [3.8, 4) is 28.6 Å². The number of aryl methyl sites for hydroxylation is 2. The first-order valence-electron chi connectivity index (χ1n) is 11.5. The maximum atomic E-state index is 10.8. The highest BCUT2D eigenvalue weighted by atomic mass is 32.2. The summed E-state index contributed by atoms with van der Waals surface area (Å²) in [6.07, 6.45) is 4.63. The smallest absolute Gasteiger partial charge is 0.196 e. The van der Waals surface area contributed by atoms with Crippen LogP contribution in [0, 0.1) is 0 Å². The summed E-state index contributed by atoms with van der Waals surface area (Å²) in [7, 11) is 2.02. The van der Waals surface area contributed by atoms with E-state index >= 15 is 0 Å². The number of aromatic nitrogens is 5. The average molecular weight is 486 g/mol. The van der Waals surface area contributed by atoms with Gasteiger partial charge in [0, 0.05) is 47.9 Å². The summed E-state index contributed by atoms with van der Waals surface area (Å²) in [4.78, 5) is 4.41. The van der Waals surface area contributed by atoms with Gasteiger partial charge in [-0.1, -0.05) is 31.7 Å². The molecule has 0 aliphatic carbocycles. The summed E-state index contributed by atoms with van der Waals surface area (Å²) < 4.78 is 4.06. The number of nitrogens with zero attached hydrogens (tertiary/aromatic N) is 5. The molecule has 0 aliphatic heterocycles. The van der Waals surface area contributed by atoms with Crippen LogP contribution in [0.15, 0.2) is 72.1 Å². The standard InChI is InChI=1S/C27H27N5O2S/c1-17(2)21-15-22(25(34)16-24(21)33)26-29-30-27(35-13-10-19-6-4-5-11-28-19)32(26)20-7-8-23-18(14-20)9-12-31(23)3/h4-9,11-12,14-17,33-34H,10,13H2,1-3H3. The molecular formula is C27H27N5O2S. The number of pyridine rings is 1. The van der Waals surface area contributed by atoms with E-state index in [1.165, 1.54) is 6.07 Å². The van der Waals surface area contributed by atoms with Crippen LogP contribution in [0.3, 0.4) is 0 Å². The van der Waals surface area contributed by atoms with Gasteiger partial charge in [0.25, 0.3) is 0 Å². The second-order valence-electron chi connectivity index (χ2n) is 8.81. The number of phenolic OH excluding ortho intramolecular Hbond substituents is 2. The number of fused-ring (bicyclic) bond motifs is 1. The Morgan fingerprint density at radius 1 is 0.971 bits per heavy atom. The maximum absolute atomic E-state index is 10.8. The van der Waals surface area contributed by atoms with Crippen LogP contribution in [0.25, 0.3) is 28.0 Å². The molecule has 0 amide bonds. The van der Waals surface area contributed by atoms with Crippen LogP contribution in [0.1, 0.15) is 31.0 Å². The fraction of sp³-hybridized carbons (Fsp3) is 0.222. The minimum absolute atomic E-state index is 0.0358. The van der Waals surface area contributed by atoms with E-state index in [4.69, 9.17) is 0 Å². The van der Waals surface area contributed by atoms with Crippen LogP contribution in [-0.2, 0) is 13.5 Å². The normalized spacial score (nSPS) is 11.5. The molecule has 5 aromatic rings. The van der Waals surface area contributed by atoms with Gasteiger partial charge in [-0.25, -0.2) is 0 Å². The Labute approximate surface area is 208 Å². The zero-order chi connectivity index (χ0) is 24.5. The molecule has 0 saturated carbocycles. The maximum Gasteiger partial charge on any atom is 0.196 e. The molecule has 0 unspecified atom stereocenters. The molecule has 0 atom stereocenters. The molecule has 0 fully saturated rings. The predicted molar refractivity (Wildman–Crippen MR) is 139 cm³/mol. The molecule has 5 rings (SSSR count). The van der Waals surface area contributed by atoms with Gasteiger partial charge in [-0.2, -0.15) is 0 Å². The molecule has 0 saturated heterocycles. The summed E-state index contributed by atoms with van der Waals surface area (Å²) in [6, 6.07) is 17.4. The Hall–Kier alpha value is -3.78. The molecule has 3 heterocycles. The third-order valence-electron chi connectivity index (χ3n) is 6.08. The van der Waals surface area contributed by atoms with E-state index in [1.807, 2.05) is 55.9 Å². The zero-order valence-corrected chi connectivity index (χ0v) is 20.7. The fourth-order valence-electron chi connectivity index (χ4n) is 4.21. The second kappa shape index (κ2) is 9.46. The van der Waals surface area contributed by atoms with Crippen LogP contribution >= 0.6 is 11.8 Å². The van der Waals surface area contributed by atoms with Crippen molar-refractivity contribution in [2.75, 3.05) is 5.75 Å². The summed E-state index contributed by atoms with van der Waals surface area (Å²) in [5, 5.41) is 32.0. The number of hydrogen-bond acceptors (Lipinski definition) is 6. The summed E-state index contributed by atoms with van der Waals surface area (Å²) in [5.74, 6) is 1.43. The number of phenols is 2. The Balaban J connectivity index is 1.60. The van der Waals surface area contributed by atoms with E-state index in [0.29, 0.717) is 11.4 Å². The van der Waals surface area contributed by atoms with E-state index in [9.17, 15) is 10.2 Å². The van der Waals surface area contributed by atoms with E-state index < -0.39 is 0 Å². The molecule has 8 heteroatoms. The Morgan fingerprint density at radius 3 is 2.60 bits per heavy atom. The predicted octanol–water partition coefficient (Wildman–Crippen LogP) is 5.69. The van der Waals surface area contributed by atoms with Gasteiger partial charge in [0.05, 0.1) is 11.3 Å². The van der Waals surface area contributed by atoms with Gasteiger partial charge in [0.2, 0.25) is 0 Å². The van der Waals surface area contributed by atoms with E-state index in [-0.39, 0.29) is 17.4 Å². The van der Waals surface area contributed by atoms with E-state index in [2.05, 4.69) is 37.9 Å². The van der Waals surface area contributed by atoms with Gasteiger partial charge in [-0.05, 0) is 60.4 Å². The monoisotopic (exact) mass is 485 g/mol. The number of rotatable bonds is 7. The van der Waals surface area contributed by atoms with Gasteiger partial charge >= 0.3 is 0 Å². The molecule has 0 aliphatic rings. The highest BCUT2D eigenvalue weighted by Gasteiger charge is 2.21. The number of aromatic hydroxyl groups is 2. The molecule has 178 valence electrons. The molecule has 35 heavy (non-hydrogen) atoms. The SMILES string of the molecule is CC(C)c1cc(-c2nnc(SCCc3ccccn3)n2-c2ccc3c(ccn3C)c2)c(O)cc1O. The summed E-state index contributed by atoms with van der Waals surface area (Å²) >= 11 is 1.60. The van der Waals surface area contributed by atoms with E-state index in [1.54, 1.807) is 24.0 Å². The van der Waals surface area contributed by atoms with Crippen LogP contribution < -0.4 is 0 Å². The van der Waals surface area contributed by atoms with Crippen molar-refractivity contribution < 1.29 is 10.2 Å². The topological polar surface area (TPSA) is 89.0 Å². The average Bonchev–Trinajstić information content (AvgIpc) is 3.43.